The van der Waals surface area contributed by atoms with E-state index in [9.17, 15) is 9.18 Å². The van der Waals surface area contributed by atoms with Crippen LogP contribution < -0.4 is 11.1 Å². The van der Waals surface area contributed by atoms with Crippen LogP contribution in [0.1, 0.15) is 11.1 Å². The van der Waals surface area contributed by atoms with Gasteiger partial charge in [0, 0.05) is 11.0 Å². The van der Waals surface area contributed by atoms with E-state index in [1.165, 1.54) is 12.1 Å². The minimum Gasteiger partial charge on any atom is -0.326 e. The normalized spacial score (nSPS) is 10.3. The fourth-order valence-corrected chi connectivity index (χ4v) is 2.24. The van der Waals surface area contributed by atoms with E-state index >= 15 is 0 Å². The molecule has 0 saturated heterocycles. The van der Waals surface area contributed by atoms with Crippen LogP contribution in [0.25, 0.3) is 0 Å². The molecule has 0 bridgehead atoms. The highest BCUT2D eigenvalue weighted by atomic mass is 79.9. The van der Waals surface area contributed by atoms with Gasteiger partial charge in [-0.1, -0.05) is 24.3 Å². The number of carbonyl (C=O) groups is 1. The summed E-state index contributed by atoms with van der Waals surface area (Å²) in [6.45, 7) is 0.382. The second-order valence-corrected chi connectivity index (χ2v) is 5.18. The summed E-state index contributed by atoms with van der Waals surface area (Å²) in [4.78, 5) is 12.0. The van der Waals surface area contributed by atoms with E-state index in [4.69, 9.17) is 5.73 Å². The van der Waals surface area contributed by atoms with Crippen molar-refractivity contribution in [2.45, 2.75) is 13.0 Å². The molecule has 3 N–H and O–H groups in total. The number of halogens is 2. The van der Waals surface area contributed by atoms with Crippen LogP contribution in [0.5, 0.6) is 0 Å². The van der Waals surface area contributed by atoms with Crippen molar-refractivity contribution in [3.63, 3.8) is 0 Å². The topological polar surface area (TPSA) is 55.1 Å². The molecule has 0 heterocycles. The maximum absolute atomic E-state index is 13.2. The average Bonchev–Trinajstić information content (AvgIpc) is 2.43. The molecule has 0 fully saturated rings. The summed E-state index contributed by atoms with van der Waals surface area (Å²) in [5.41, 5.74) is 7.86. The molecule has 0 aliphatic carbocycles. The second-order valence-electron chi connectivity index (χ2n) is 4.32. The first-order valence-electron chi connectivity index (χ1n) is 6.12. The number of hydrogen-bond donors (Lipinski definition) is 2. The second kappa shape index (κ2) is 6.63. The van der Waals surface area contributed by atoms with Crippen molar-refractivity contribution >= 4 is 27.5 Å². The Balaban J connectivity index is 2.11. The van der Waals surface area contributed by atoms with Crippen LogP contribution in [0.15, 0.2) is 46.9 Å². The number of nitrogens with one attached hydrogen (secondary N) is 1. The van der Waals surface area contributed by atoms with E-state index in [1.54, 1.807) is 6.07 Å². The van der Waals surface area contributed by atoms with E-state index in [2.05, 4.69) is 21.2 Å². The molecule has 3 nitrogen and oxygen atoms in total. The standard InChI is InChI=1S/C15H14BrFN2O/c16-13-6-5-12(17)8-14(13)19-15(20)7-10-3-1-2-4-11(10)9-18/h1-6,8H,7,9,18H2,(H,19,20). The first-order valence-corrected chi connectivity index (χ1v) is 6.91. The van der Waals surface area contributed by atoms with Gasteiger partial charge >= 0.3 is 0 Å². The molecule has 0 unspecified atom stereocenters. The third kappa shape index (κ3) is 3.65. The smallest absolute Gasteiger partial charge is 0.228 e. The third-order valence-electron chi connectivity index (χ3n) is 2.89. The van der Waals surface area contributed by atoms with E-state index in [0.717, 1.165) is 11.1 Å². The van der Waals surface area contributed by atoms with Crippen LogP contribution >= 0.6 is 15.9 Å². The summed E-state index contributed by atoms with van der Waals surface area (Å²) in [6, 6.07) is 11.6. The van der Waals surface area contributed by atoms with Gasteiger partial charge in [-0.05, 0) is 45.3 Å². The molecule has 0 radical (unpaired) electrons. The van der Waals surface area contributed by atoms with Crippen molar-refractivity contribution in [3.8, 4) is 0 Å². The number of amides is 1. The summed E-state index contributed by atoms with van der Waals surface area (Å²) in [5, 5.41) is 2.68. The summed E-state index contributed by atoms with van der Waals surface area (Å²) in [7, 11) is 0. The molecule has 20 heavy (non-hydrogen) atoms. The van der Waals surface area contributed by atoms with Crippen molar-refractivity contribution in [1.82, 2.24) is 0 Å². The zero-order valence-electron chi connectivity index (χ0n) is 10.7. The molecular formula is C15H14BrFN2O. The molecule has 5 heteroatoms. The van der Waals surface area contributed by atoms with Crippen LogP contribution in [0, 0.1) is 5.82 Å². The van der Waals surface area contributed by atoms with Gasteiger partial charge in [-0.25, -0.2) is 4.39 Å². The van der Waals surface area contributed by atoms with Gasteiger partial charge in [-0.15, -0.1) is 0 Å². The van der Waals surface area contributed by atoms with Crippen LogP contribution in [-0.4, -0.2) is 5.91 Å². The first-order chi connectivity index (χ1) is 9.60. The molecule has 2 rings (SSSR count). The van der Waals surface area contributed by atoms with Gasteiger partial charge in [0.15, 0.2) is 0 Å². The van der Waals surface area contributed by atoms with Crippen molar-refractivity contribution in [2.24, 2.45) is 5.73 Å². The Kier molecular flexibility index (Phi) is 4.87. The molecule has 0 aliphatic heterocycles. The van der Waals surface area contributed by atoms with Gasteiger partial charge in [0.25, 0.3) is 0 Å². The number of nitrogens with two attached hydrogens (primary N) is 1. The van der Waals surface area contributed by atoms with Crippen molar-refractivity contribution in [3.05, 3.63) is 63.9 Å². The van der Waals surface area contributed by atoms with Crippen LogP contribution in [0.4, 0.5) is 10.1 Å². The number of carbonyl (C=O) groups excluding carboxylic acids is 1. The highest BCUT2D eigenvalue weighted by Gasteiger charge is 2.09. The van der Waals surface area contributed by atoms with Gasteiger partial charge in [-0.2, -0.15) is 0 Å². The molecular weight excluding hydrogens is 323 g/mol. The molecule has 0 aliphatic rings. The quantitative estimate of drug-likeness (QED) is 0.900. The van der Waals surface area contributed by atoms with Crippen LogP contribution in [0.3, 0.4) is 0 Å². The Bertz CT molecular complexity index is 631. The Morgan fingerprint density at radius 2 is 1.90 bits per heavy atom. The zero-order valence-corrected chi connectivity index (χ0v) is 12.3. The molecule has 0 aromatic heterocycles. The Hall–Kier alpha value is -1.72. The van der Waals surface area contributed by atoms with Gasteiger partial charge in [0.2, 0.25) is 5.91 Å². The van der Waals surface area contributed by atoms with Crippen molar-refractivity contribution < 1.29 is 9.18 Å². The van der Waals surface area contributed by atoms with Crippen molar-refractivity contribution in [2.75, 3.05) is 5.32 Å². The number of hydrogen-bond acceptors (Lipinski definition) is 2. The monoisotopic (exact) mass is 336 g/mol. The lowest BCUT2D eigenvalue weighted by Crippen LogP contribution is -2.16. The summed E-state index contributed by atoms with van der Waals surface area (Å²) in [5.74, 6) is -0.608. The van der Waals surface area contributed by atoms with E-state index in [0.29, 0.717) is 16.7 Å². The zero-order chi connectivity index (χ0) is 14.5. The van der Waals surface area contributed by atoms with Crippen LogP contribution in [-0.2, 0) is 17.8 Å². The van der Waals surface area contributed by atoms with E-state index in [-0.39, 0.29) is 12.3 Å². The fourth-order valence-electron chi connectivity index (χ4n) is 1.89. The Morgan fingerprint density at radius 3 is 2.60 bits per heavy atom. The lowest BCUT2D eigenvalue weighted by atomic mass is 10.0. The number of benzene rings is 2. The molecule has 0 atom stereocenters. The fraction of sp³-hybridized carbons (Fsp3) is 0.133. The Labute approximate surface area is 125 Å². The first kappa shape index (κ1) is 14.7. The molecule has 1 amide bonds. The van der Waals surface area contributed by atoms with Gasteiger partial charge in [0.05, 0.1) is 12.1 Å². The van der Waals surface area contributed by atoms with Crippen molar-refractivity contribution in [1.29, 1.82) is 0 Å². The van der Waals surface area contributed by atoms with Crippen LogP contribution in [0.2, 0.25) is 0 Å². The molecule has 104 valence electrons. The lowest BCUT2D eigenvalue weighted by Gasteiger charge is -2.10. The third-order valence-corrected chi connectivity index (χ3v) is 3.58. The predicted molar refractivity (Wildman–Crippen MR) is 80.8 cm³/mol. The summed E-state index contributed by atoms with van der Waals surface area (Å²) >= 11 is 3.27. The molecule has 0 saturated carbocycles. The van der Waals surface area contributed by atoms with Gasteiger partial charge < -0.3 is 11.1 Å². The molecule has 0 spiro atoms. The predicted octanol–water partition coefficient (Wildman–Crippen LogP) is 3.23. The molecule has 2 aromatic carbocycles. The Morgan fingerprint density at radius 1 is 1.20 bits per heavy atom. The highest BCUT2D eigenvalue weighted by molar-refractivity contribution is 9.10. The minimum absolute atomic E-state index is 0.205. The molecule has 2 aromatic rings. The lowest BCUT2D eigenvalue weighted by molar-refractivity contribution is -0.115. The number of rotatable bonds is 4. The SMILES string of the molecule is NCc1ccccc1CC(=O)Nc1cc(F)ccc1Br. The highest BCUT2D eigenvalue weighted by Crippen LogP contribution is 2.23. The summed E-state index contributed by atoms with van der Waals surface area (Å²) < 4.78 is 13.8. The van der Waals surface area contributed by atoms with Gasteiger partial charge in [-0.3, -0.25) is 4.79 Å². The van der Waals surface area contributed by atoms with E-state index in [1.807, 2.05) is 24.3 Å². The summed E-state index contributed by atoms with van der Waals surface area (Å²) in [6.07, 6.45) is 0.205. The van der Waals surface area contributed by atoms with E-state index < -0.39 is 5.82 Å². The van der Waals surface area contributed by atoms with Gasteiger partial charge in [0.1, 0.15) is 5.82 Å². The minimum atomic E-state index is -0.397. The number of anilines is 1. The maximum Gasteiger partial charge on any atom is 0.228 e. The average molecular weight is 337 g/mol. The largest absolute Gasteiger partial charge is 0.326 e. The maximum atomic E-state index is 13.2.